The smallest absolute Gasteiger partial charge is 0.351 e. The Morgan fingerprint density at radius 3 is 2.31 bits per heavy atom. The summed E-state index contributed by atoms with van der Waals surface area (Å²) in [5.74, 6) is -2.48. The van der Waals surface area contributed by atoms with Crippen molar-refractivity contribution in [3.05, 3.63) is 77.7 Å². The highest BCUT2D eigenvalue weighted by Crippen LogP contribution is 2.30. The SMILES string of the molecule is CC1(CCc2ccccc2)OC(=O)C(C(=S)Nc2ccccc2)=C(O)O1. The van der Waals surface area contributed by atoms with Crippen LogP contribution < -0.4 is 5.32 Å². The quantitative estimate of drug-likeness (QED) is 0.610. The van der Waals surface area contributed by atoms with Crippen LogP contribution in [0.3, 0.4) is 0 Å². The molecule has 2 aromatic carbocycles. The number of ether oxygens (including phenoxy) is 2. The van der Waals surface area contributed by atoms with Gasteiger partial charge in [0.1, 0.15) is 4.99 Å². The predicted octanol–water partition coefficient (Wildman–Crippen LogP) is 4.12. The van der Waals surface area contributed by atoms with Crippen molar-refractivity contribution in [3.63, 3.8) is 0 Å². The van der Waals surface area contributed by atoms with E-state index in [0.717, 1.165) is 5.56 Å². The Morgan fingerprint density at radius 1 is 1.08 bits per heavy atom. The highest BCUT2D eigenvalue weighted by atomic mass is 32.1. The van der Waals surface area contributed by atoms with Crippen molar-refractivity contribution in [2.24, 2.45) is 0 Å². The molecule has 0 aromatic heterocycles. The zero-order valence-corrected chi connectivity index (χ0v) is 15.1. The summed E-state index contributed by atoms with van der Waals surface area (Å²) in [6, 6.07) is 18.9. The molecule has 1 aliphatic rings. The van der Waals surface area contributed by atoms with Crippen LogP contribution in [0.4, 0.5) is 5.69 Å². The molecule has 1 aliphatic heterocycles. The number of hydrogen-bond donors (Lipinski definition) is 2. The van der Waals surface area contributed by atoms with Gasteiger partial charge in [0, 0.05) is 19.0 Å². The number of hydrogen-bond acceptors (Lipinski definition) is 5. The predicted molar refractivity (Wildman–Crippen MR) is 103 cm³/mol. The molecule has 1 unspecified atom stereocenters. The standard InChI is InChI=1S/C20H19NO4S/c1-20(13-12-14-8-4-2-5-9-14)24-18(22)16(19(23)25-20)17(26)21-15-10-6-3-7-11-15/h2-11,22H,12-13H2,1H3,(H,21,26). The molecule has 6 heteroatoms. The number of anilines is 1. The molecule has 134 valence electrons. The second-order valence-electron chi connectivity index (χ2n) is 6.11. The van der Waals surface area contributed by atoms with Crippen LogP contribution in [0.2, 0.25) is 0 Å². The number of para-hydroxylation sites is 1. The average Bonchev–Trinajstić information content (AvgIpc) is 2.61. The summed E-state index contributed by atoms with van der Waals surface area (Å²) >= 11 is 5.22. The van der Waals surface area contributed by atoms with E-state index < -0.39 is 17.7 Å². The van der Waals surface area contributed by atoms with E-state index in [0.29, 0.717) is 18.5 Å². The molecule has 0 radical (unpaired) electrons. The number of cyclic esters (lactones) is 1. The van der Waals surface area contributed by atoms with E-state index in [-0.39, 0.29) is 10.6 Å². The van der Waals surface area contributed by atoms with E-state index in [4.69, 9.17) is 21.7 Å². The molecular weight excluding hydrogens is 350 g/mol. The van der Waals surface area contributed by atoms with Gasteiger partial charge in [0.2, 0.25) is 0 Å². The molecule has 0 bridgehead atoms. The Kier molecular flexibility index (Phi) is 5.23. The van der Waals surface area contributed by atoms with E-state index in [1.54, 1.807) is 19.1 Å². The van der Waals surface area contributed by atoms with Gasteiger partial charge in [-0.25, -0.2) is 4.79 Å². The summed E-state index contributed by atoms with van der Waals surface area (Å²) in [4.78, 5) is 12.5. The van der Waals surface area contributed by atoms with Crippen molar-refractivity contribution < 1.29 is 19.4 Å². The number of nitrogens with one attached hydrogen (secondary N) is 1. The highest BCUT2D eigenvalue weighted by Gasteiger charge is 2.41. The molecule has 3 rings (SSSR count). The van der Waals surface area contributed by atoms with Crippen LogP contribution in [-0.4, -0.2) is 21.9 Å². The van der Waals surface area contributed by atoms with Gasteiger partial charge >= 0.3 is 5.97 Å². The average molecular weight is 369 g/mol. The lowest BCUT2D eigenvalue weighted by Gasteiger charge is -2.34. The molecule has 0 aliphatic carbocycles. The van der Waals surface area contributed by atoms with Gasteiger partial charge in [-0.15, -0.1) is 0 Å². The number of aryl methyl sites for hydroxylation is 1. The number of rotatable bonds is 5. The number of aliphatic hydroxyl groups excluding tert-OH is 1. The second-order valence-corrected chi connectivity index (χ2v) is 6.52. The zero-order chi connectivity index (χ0) is 18.6. The number of aliphatic hydroxyl groups is 1. The monoisotopic (exact) mass is 369 g/mol. The van der Waals surface area contributed by atoms with E-state index >= 15 is 0 Å². The maximum atomic E-state index is 12.4. The normalized spacial score (nSPS) is 19.5. The van der Waals surface area contributed by atoms with Crippen molar-refractivity contribution in [2.75, 3.05) is 5.32 Å². The number of benzene rings is 2. The minimum atomic E-state index is -1.25. The van der Waals surface area contributed by atoms with Gasteiger partial charge in [0.15, 0.2) is 5.57 Å². The molecule has 1 atom stereocenters. The summed E-state index contributed by atoms with van der Waals surface area (Å²) in [6.07, 6.45) is 1.04. The largest absolute Gasteiger partial charge is 0.480 e. The number of carbonyl (C=O) groups is 1. The fourth-order valence-corrected chi connectivity index (χ4v) is 2.92. The van der Waals surface area contributed by atoms with Crippen LogP contribution in [-0.2, 0) is 20.7 Å². The summed E-state index contributed by atoms with van der Waals surface area (Å²) in [7, 11) is 0. The van der Waals surface area contributed by atoms with Gasteiger partial charge in [-0.2, -0.15) is 0 Å². The van der Waals surface area contributed by atoms with Crippen molar-refractivity contribution in [1.82, 2.24) is 0 Å². The number of thiocarbonyl (C=S) groups is 1. The summed E-state index contributed by atoms with van der Waals surface area (Å²) < 4.78 is 10.9. The Morgan fingerprint density at radius 2 is 1.69 bits per heavy atom. The molecule has 0 fully saturated rings. The zero-order valence-electron chi connectivity index (χ0n) is 14.3. The van der Waals surface area contributed by atoms with Crippen LogP contribution in [0.15, 0.2) is 72.2 Å². The fraction of sp³-hybridized carbons (Fsp3) is 0.200. The topological polar surface area (TPSA) is 67.8 Å². The van der Waals surface area contributed by atoms with Gasteiger partial charge in [0.25, 0.3) is 11.7 Å². The Labute approximate surface area is 157 Å². The maximum Gasteiger partial charge on any atom is 0.351 e. The molecule has 2 N–H and O–H groups in total. The second kappa shape index (κ2) is 7.58. The van der Waals surface area contributed by atoms with Crippen molar-refractivity contribution in [3.8, 4) is 0 Å². The minimum Gasteiger partial charge on any atom is -0.480 e. The third kappa shape index (κ3) is 4.21. The molecule has 0 amide bonds. The third-order valence-electron chi connectivity index (χ3n) is 4.01. The van der Waals surface area contributed by atoms with Gasteiger partial charge in [-0.1, -0.05) is 60.7 Å². The highest BCUT2D eigenvalue weighted by molar-refractivity contribution is 7.81. The Bertz CT molecular complexity index is 835. The van der Waals surface area contributed by atoms with E-state index in [1.165, 1.54) is 0 Å². The Balaban J connectivity index is 1.70. The van der Waals surface area contributed by atoms with Gasteiger partial charge in [-0.3, -0.25) is 0 Å². The molecule has 0 saturated carbocycles. The first kappa shape index (κ1) is 17.9. The van der Waals surface area contributed by atoms with Crippen molar-refractivity contribution in [1.29, 1.82) is 0 Å². The van der Waals surface area contributed by atoms with Crippen LogP contribution in [0, 0.1) is 0 Å². The van der Waals surface area contributed by atoms with E-state index in [9.17, 15) is 9.90 Å². The summed E-state index contributed by atoms with van der Waals surface area (Å²) in [6.45, 7) is 1.62. The van der Waals surface area contributed by atoms with Crippen LogP contribution in [0.1, 0.15) is 18.9 Å². The number of esters is 1. The van der Waals surface area contributed by atoms with Crippen molar-refractivity contribution >= 4 is 28.9 Å². The molecule has 2 aromatic rings. The lowest BCUT2D eigenvalue weighted by molar-refractivity contribution is -0.231. The lowest BCUT2D eigenvalue weighted by atomic mass is 10.0. The molecule has 5 nitrogen and oxygen atoms in total. The molecule has 1 heterocycles. The first-order valence-corrected chi connectivity index (χ1v) is 8.64. The fourth-order valence-electron chi connectivity index (χ4n) is 2.63. The van der Waals surface area contributed by atoms with E-state index in [2.05, 4.69) is 5.32 Å². The molecular formula is C20H19NO4S. The number of carbonyl (C=O) groups excluding carboxylic acids is 1. The minimum absolute atomic E-state index is 0.0452. The van der Waals surface area contributed by atoms with Gasteiger partial charge < -0.3 is 19.9 Å². The van der Waals surface area contributed by atoms with Crippen LogP contribution >= 0.6 is 12.2 Å². The lowest BCUT2D eigenvalue weighted by Crippen LogP contribution is -2.42. The van der Waals surface area contributed by atoms with Crippen LogP contribution in [0.25, 0.3) is 0 Å². The first-order valence-electron chi connectivity index (χ1n) is 8.23. The molecule has 0 saturated heterocycles. The summed E-state index contributed by atoms with van der Waals surface area (Å²) in [5, 5.41) is 13.1. The molecule has 26 heavy (non-hydrogen) atoms. The Hall–Kier alpha value is -2.86. The third-order valence-corrected chi connectivity index (χ3v) is 4.31. The maximum absolute atomic E-state index is 12.4. The molecule has 0 spiro atoms. The van der Waals surface area contributed by atoms with Gasteiger partial charge in [0.05, 0.1) is 0 Å². The van der Waals surface area contributed by atoms with Crippen molar-refractivity contribution in [2.45, 2.75) is 25.6 Å². The first-order chi connectivity index (χ1) is 12.5. The summed E-state index contributed by atoms with van der Waals surface area (Å²) in [5.41, 5.74) is 1.60. The van der Waals surface area contributed by atoms with Crippen LogP contribution in [0.5, 0.6) is 0 Å². The van der Waals surface area contributed by atoms with Gasteiger partial charge in [-0.05, 0) is 24.1 Å². The van der Waals surface area contributed by atoms with E-state index in [1.807, 2.05) is 48.5 Å².